The number of nitrogens with zero attached hydrogens (tertiary/aromatic N) is 1. The molecule has 0 N–H and O–H groups in total. The molecule has 0 unspecified atom stereocenters. The molecule has 18 heavy (non-hydrogen) atoms. The summed E-state index contributed by atoms with van der Waals surface area (Å²) in [5.41, 5.74) is 0.487. The van der Waals surface area contributed by atoms with Crippen LogP contribution in [-0.4, -0.2) is 10.8 Å². The van der Waals surface area contributed by atoms with E-state index < -0.39 is 0 Å². The minimum absolute atomic E-state index is 0.124. The maximum absolute atomic E-state index is 12.2. The van der Waals surface area contributed by atoms with Gasteiger partial charge in [0.1, 0.15) is 5.69 Å². The zero-order valence-electron chi connectivity index (χ0n) is 8.75. The summed E-state index contributed by atoms with van der Waals surface area (Å²) in [4.78, 5) is 16.1. The number of benzene rings is 1. The maximum Gasteiger partial charge on any atom is 0.212 e. The van der Waals surface area contributed by atoms with E-state index in [1.54, 1.807) is 12.1 Å². The van der Waals surface area contributed by atoms with Gasteiger partial charge in [-0.15, -0.1) is 0 Å². The second-order valence-electron chi connectivity index (χ2n) is 3.44. The van der Waals surface area contributed by atoms with Crippen LogP contribution in [0.25, 0.3) is 0 Å². The molecule has 0 aliphatic carbocycles. The predicted octanol–water partition coefficient (Wildman–Crippen LogP) is 4.93. The van der Waals surface area contributed by atoms with Gasteiger partial charge in [-0.05, 0) is 24.3 Å². The fourth-order valence-electron chi connectivity index (χ4n) is 1.36. The summed E-state index contributed by atoms with van der Waals surface area (Å²) < 4.78 is 0. The molecule has 6 heteroatoms. The molecule has 1 aromatic carbocycles. The summed E-state index contributed by atoms with van der Waals surface area (Å²) in [5, 5.41) is 1.24. The van der Waals surface area contributed by atoms with Gasteiger partial charge in [0, 0.05) is 11.8 Å². The average Bonchev–Trinajstić information content (AvgIpc) is 2.32. The number of rotatable bonds is 2. The van der Waals surface area contributed by atoms with E-state index >= 15 is 0 Å². The largest absolute Gasteiger partial charge is 0.287 e. The van der Waals surface area contributed by atoms with Gasteiger partial charge in [0.2, 0.25) is 5.78 Å². The Morgan fingerprint density at radius 3 is 2.28 bits per heavy atom. The van der Waals surface area contributed by atoms with Gasteiger partial charge < -0.3 is 0 Å². The molecular formula is C12H5Cl4NO. The molecular weight excluding hydrogens is 316 g/mol. The summed E-state index contributed by atoms with van der Waals surface area (Å²) in [5.74, 6) is -0.338. The van der Waals surface area contributed by atoms with Crippen molar-refractivity contribution < 1.29 is 4.79 Å². The van der Waals surface area contributed by atoms with Crippen LogP contribution in [-0.2, 0) is 0 Å². The van der Waals surface area contributed by atoms with E-state index in [2.05, 4.69) is 4.98 Å². The minimum Gasteiger partial charge on any atom is -0.287 e. The Hall–Kier alpha value is -0.800. The summed E-state index contributed by atoms with van der Waals surface area (Å²) in [6.45, 7) is 0. The second kappa shape index (κ2) is 5.45. The number of ketones is 1. The van der Waals surface area contributed by atoms with E-state index in [9.17, 15) is 4.79 Å². The van der Waals surface area contributed by atoms with E-state index in [4.69, 9.17) is 46.4 Å². The maximum atomic E-state index is 12.2. The van der Waals surface area contributed by atoms with Crippen LogP contribution in [0.5, 0.6) is 0 Å². The smallest absolute Gasteiger partial charge is 0.212 e. The number of aromatic nitrogens is 1. The van der Waals surface area contributed by atoms with Crippen molar-refractivity contribution in [1.29, 1.82) is 0 Å². The highest BCUT2D eigenvalue weighted by Gasteiger charge is 2.15. The normalized spacial score (nSPS) is 10.4. The van der Waals surface area contributed by atoms with Crippen molar-refractivity contribution in [1.82, 2.24) is 4.98 Å². The third kappa shape index (κ3) is 2.78. The Morgan fingerprint density at radius 1 is 0.944 bits per heavy atom. The van der Waals surface area contributed by atoms with Gasteiger partial charge in [0.25, 0.3) is 0 Å². The van der Waals surface area contributed by atoms with Crippen LogP contribution in [0, 0.1) is 0 Å². The lowest BCUT2D eigenvalue weighted by Gasteiger charge is -2.04. The van der Waals surface area contributed by atoms with Gasteiger partial charge in [-0.3, -0.25) is 4.79 Å². The standard InChI is InChI=1S/C12H5Cl4NO/c13-7-4-10(16)11(17-5-7)12(18)6-1-2-8(14)9(15)3-6/h1-5H. The molecule has 0 aliphatic rings. The molecule has 92 valence electrons. The molecule has 0 atom stereocenters. The second-order valence-corrected chi connectivity index (χ2v) is 5.10. The molecule has 0 amide bonds. The zero-order chi connectivity index (χ0) is 13.3. The number of halogens is 4. The third-order valence-electron chi connectivity index (χ3n) is 2.20. The molecule has 0 aliphatic heterocycles. The summed E-state index contributed by atoms with van der Waals surface area (Å²) in [7, 11) is 0. The summed E-state index contributed by atoms with van der Waals surface area (Å²) >= 11 is 23.3. The van der Waals surface area contributed by atoms with E-state index in [-0.39, 0.29) is 16.5 Å². The van der Waals surface area contributed by atoms with E-state index in [1.807, 2.05) is 0 Å². The lowest BCUT2D eigenvalue weighted by molar-refractivity contribution is 0.103. The van der Waals surface area contributed by atoms with Crippen LogP contribution >= 0.6 is 46.4 Å². The molecule has 1 aromatic heterocycles. The highest BCUT2D eigenvalue weighted by molar-refractivity contribution is 6.42. The number of pyridine rings is 1. The zero-order valence-corrected chi connectivity index (χ0v) is 11.8. The summed E-state index contributed by atoms with van der Waals surface area (Å²) in [6, 6.07) is 6.03. The molecule has 0 radical (unpaired) electrons. The predicted molar refractivity (Wildman–Crippen MR) is 74.2 cm³/mol. The molecule has 0 fully saturated rings. The Kier molecular flexibility index (Phi) is 4.13. The first kappa shape index (κ1) is 13.6. The van der Waals surface area contributed by atoms with Crippen LogP contribution < -0.4 is 0 Å². The van der Waals surface area contributed by atoms with Gasteiger partial charge >= 0.3 is 0 Å². The van der Waals surface area contributed by atoms with E-state index in [0.717, 1.165) is 0 Å². The highest BCUT2D eigenvalue weighted by atomic mass is 35.5. The van der Waals surface area contributed by atoms with E-state index in [0.29, 0.717) is 20.6 Å². The van der Waals surface area contributed by atoms with Crippen molar-refractivity contribution in [3.05, 3.63) is 61.8 Å². The van der Waals surface area contributed by atoms with E-state index in [1.165, 1.54) is 18.3 Å². The Balaban J connectivity index is 2.44. The topological polar surface area (TPSA) is 30.0 Å². The van der Waals surface area contributed by atoms with Crippen LogP contribution in [0.4, 0.5) is 0 Å². The van der Waals surface area contributed by atoms with Gasteiger partial charge in [0.05, 0.1) is 20.1 Å². The van der Waals surface area contributed by atoms with Gasteiger partial charge in [-0.1, -0.05) is 46.4 Å². The molecule has 0 saturated heterocycles. The fourth-order valence-corrected chi connectivity index (χ4v) is 2.12. The Bertz CT molecular complexity index is 627. The first-order valence-corrected chi connectivity index (χ1v) is 6.31. The van der Waals surface area contributed by atoms with Crippen molar-refractivity contribution in [2.24, 2.45) is 0 Å². The van der Waals surface area contributed by atoms with Crippen molar-refractivity contribution in [3.63, 3.8) is 0 Å². The molecule has 0 spiro atoms. The third-order valence-corrected chi connectivity index (χ3v) is 3.44. The SMILES string of the molecule is O=C(c1ccc(Cl)c(Cl)c1)c1ncc(Cl)cc1Cl. The van der Waals surface area contributed by atoms with Crippen molar-refractivity contribution >= 4 is 52.2 Å². The Morgan fingerprint density at radius 2 is 1.67 bits per heavy atom. The van der Waals surface area contributed by atoms with Gasteiger partial charge in [0.15, 0.2) is 0 Å². The fraction of sp³-hybridized carbons (Fsp3) is 0. The molecule has 0 bridgehead atoms. The van der Waals surface area contributed by atoms with Gasteiger partial charge in [-0.25, -0.2) is 4.98 Å². The number of hydrogen-bond donors (Lipinski definition) is 0. The van der Waals surface area contributed by atoms with Crippen LogP contribution in [0.3, 0.4) is 0 Å². The number of carbonyl (C=O) groups is 1. The van der Waals surface area contributed by atoms with Gasteiger partial charge in [-0.2, -0.15) is 0 Å². The van der Waals surface area contributed by atoms with Crippen molar-refractivity contribution in [2.45, 2.75) is 0 Å². The lowest BCUT2D eigenvalue weighted by Crippen LogP contribution is -2.04. The number of hydrogen-bond acceptors (Lipinski definition) is 2. The van der Waals surface area contributed by atoms with Crippen molar-refractivity contribution in [2.75, 3.05) is 0 Å². The molecule has 2 rings (SSSR count). The first-order valence-electron chi connectivity index (χ1n) is 4.80. The Labute approximate surface area is 123 Å². The highest BCUT2D eigenvalue weighted by Crippen LogP contribution is 2.26. The first-order chi connectivity index (χ1) is 8.49. The molecule has 2 nitrogen and oxygen atoms in total. The quantitative estimate of drug-likeness (QED) is 0.735. The van der Waals surface area contributed by atoms with Crippen LogP contribution in [0.15, 0.2) is 30.5 Å². The molecule has 2 aromatic rings. The number of carbonyl (C=O) groups excluding carboxylic acids is 1. The average molecular weight is 321 g/mol. The van der Waals surface area contributed by atoms with Crippen LogP contribution in [0.1, 0.15) is 16.1 Å². The monoisotopic (exact) mass is 319 g/mol. The molecule has 0 saturated carbocycles. The van der Waals surface area contributed by atoms with Crippen molar-refractivity contribution in [3.8, 4) is 0 Å². The summed E-state index contributed by atoms with van der Waals surface area (Å²) in [6.07, 6.45) is 1.36. The van der Waals surface area contributed by atoms with Crippen LogP contribution in [0.2, 0.25) is 20.1 Å². The molecule has 1 heterocycles. The lowest BCUT2D eigenvalue weighted by atomic mass is 10.1. The minimum atomic E-state index is -0.338.